The third kappa shape index (κ3) is 6.69. The molecule has 0 unspecified atom stereocenters. The van der Waals surface area contributed by atoms with E-state index in [1.807, 2.05) is 19.2 Å². The maximum absolute atomic E-state index is 5.93. The first kappa shape index (κ1) is 23.1. The molecule has 1 saturated carbocycles. The third-order valence-electron chi connectivity index (χ3n) is 5.49. The number of hydrogen-bond acceptors (Lipinski definition) is 4. The zero-order valence-corrected chi connectivity index (χ0v) is 19.6. The number of piperazine rings is 1. The molecule has 0 spiro atoms. The quantitative estimate of drug-likeness (QED) is 0.268. The van der Waals surface area contributed by atoms with Gasteiger partial charge in [-0.1, -0.05) is 12.8 Å². The normalized spacial score (nSPS) is 18.1. The lowest BCUT2D eigenvalue weighted by Crippen LogP contribution is -2.52. The fraction of sp³-hybridized carbons (Fsp3) is 0.667. The number of halogens is 1. The van der Waals surface area contributed by atoms with Crippen molar-refractivity contribution in [3.63, 3.8) is 0 Å². The molecule has 0 aromatic heterocycles. The molecule has 1 N–H and O–H groups in total. The highest BCUT2D eigenvalue weighted by molar-refractivity contribution is 14.0. The van der Waals surface area contributed by atoms with Gasteiger partial charge in [0.25, 0.3) is 0 Å². The summed E-state index contributed by atoms with van der Waals surface area (Å²) in [7, 11) is 3.57. The zero-order valence-electron chi connectivity index (χ0n) is 17.2. The van der Waals surface area contributed by atoms with E-state index in [1.54, 1.807) is 7.11 Å². The Morgan fingerprint density at radius 1 is 1.11 bits per heavy atom. The number of hydrogen-bond donors (Lipinski definition) is 1. The minimum absolute atomic E-state index is 0. The molecule has 2 fully saturated rings. The van der Waals surface area contributed by atoms with Crippen LogP contribution in [0.3, 0.4) is 0 Å². The number of ether oxygens (including phenoxy) is 2. The highest BCUT2D eigenvalue weighted by atomic mass is 127. The summed E-state index contributed by atoms with van der Waals surface area (Å²) >= 11 is 0. The maximum Gasteiger partial charge on any atom is 0.193 e. The Bertz CT molecular complexity index is 583. The molecule has 0 amide bonds. The lowest BCUT2D eigenvalue weighted by molar-refractivity contribution is 0.0573. The average Bonchev–Trinajstić information content (AvgIpc) is 3.24. The molecule has 2 aliphatic rings. The van der Waals surface area contributed by atoms with Crippen LogP contribution in [-0.4, -0.2) is 70.5 Å². The van der Waals surface area contributed by atoms with Crippen molar-refractivity contribution in [2.45, 2.75) is 38.2 Å². The average molecular weight is 502 g/mol. The monoisotopic (exact) mass is 502 g/mol. The third-order valence-corrected chi connectivity index (χ3v) is 5.49. The van der Waals surface area contributed by atoms with Crippen molar-refractivity contribution in [1.29, 1.82) is 0 Å². The van der Waals surface area contributed by atoms with E-state index in [9.17, 15) is 0 Å². The van der Waals surface area contributed by atoms with Gasteiger partial charge in [0.15, 0.2) is 5.96 Å². The van der Waals surface area contributed by atoms with Crippen LogP contribution in [0.1, 0.15) is 32.1 Å². The van der Waals surface area contributed by atoms with E-state index >= 15 is 0 Å². The van der Waals surface area contributed by atoms with Crippen LogP contribution in [0, 0.1) is 0 Å². The Balaban J connectivity index is 0.00000280. The summed E-state index contributed by atoms with van der Waals surface area (Å²) in [6.07, 6.45) is 6.69. The van der Waals surface area contributed by atoms with Gasteiger partial charge in [-0.05, 0) is 43.5 Å². The van der Waals surface area contributed by atoms with Crippen LogP contribution in [0.2, 0.25) is 0 Å². The van der Waals surface area contributed by atoms with Crippen molar-refractivity contribution in [1.82, 2.24) is 10.2 Å². The Morgan fingerprint density at radius 3 is 2.39 bits per heavy atom. The second-order valence-electron chi connectivity index (χ2n) is 7.28. The standard InChI is InChI=1S/C21H34N4O2.HI/c1-22-21(23-12-5-17-27-20-6-3-4-7-20)25-15-13-24(14-16-25)18-8-10-19(26-2)11-9-18;/h8-11,20H,3-7,12-17H2,1-2H3,(H,22,23);1H. The summed E-state index contributed by atoms with van der Waals surface area (Å²) in [6, 6.07) is 8.31. The molecule has 0 bridgehead atoms. The van der Waals surface area contributed by atoms with Crippen LogP contribution in [0.4, 0.5) is 5.69 Å². The van der Waals surface area contributed by atoms with Gasteiger partial charge in [-0.2, -0.15) is 0 Å². The van der Waals surface area contributed by atoms with E-state index in [2.05, 4.69) is 32.2 Å². The molecule has 0 atom stereocenters. The fourth-order valence-corrected chi connectivity index (χ4v) is 3.88. The number of guanidine groups is 1. The molecule has 1 aliphatic heterocycles. The van der Waals surface area contributed by atoms with E-state index in [4.69, 9.17) is 9.47 Å². The number of benzene rings is 1. The van der Waals surface area contributed by atoms with Crippen LogP contribution in [-0.2, 0) is 4.74 Å². The van der Waals surface area contributed by atoms with Crippen LogP contribution in [0.15, 0.2) is 29.3 Å². The molecule has 1 aromatic carbocycles. The molecule has 0 radical (unpaired) electrons. The van der Waals surface area contributed by atoms with Crippen molar-refractivity contribution in [3.05, 3.63) is 24.3 Å². The fourth-order valence-electron chi connectivity index (χ4n) is 3.88. The molecule has 6 nitrogen and oxygen atoms in total. The van der Waals surface area contributed by atoms with E-state index in [-0.39, 0.29) is 24.0 Å². The Hall–Kier alpha value is -1.22. The molecule has 7 heteroatoms. The van der Waals surface area contributed by atoms with Crippen molar-refractivity contribution in [2.24, 2.45) is 4.99 Å². The van der Waals surface area contributed by atoms with Gasteiger partial charge >= 0.3 is 0 Å². The molecule has 1 saturated heterocycles. The Kier molecular flexibility index (Phi) is 10.2. The lowest BCUT2D eigenvalue weighted by atomic mass is 10.2. The summed E-state index contributed by atoms with van der Waals surface area (Å²) in [4.78, 5) is 9.22. The molecular weight excluding hydrogens is 467 g/mol. The molecule has 158 valence electrons. The smallest absolute Gasteiger partial charge is 0.193 e. The van der Waals surface area contributed by atoms with Gasteiger partial charge in [0, 0.05) is 52.1 Å². The minimum atomic E-state index is 0. The molecule has 28 heavy (non-hydrogen) atoms. The maximum atomic E-state index is 5.93. The number of nitrogens with one attached hydrogen (secondary N) is 1. The van der Waals surface area contributed by atoms with Crippen molar-refractivity contribution in [3.8, 4) is 5.75 Å². The van der Waals surface area contributed by atoms with E-state index in [0.717, 1.165) is 57.5 Å². The van der Waals surface area contributed by atoms with Crippen molar-refractivity contribution < 1.29 is 9.47 Å². The number of anilines is 1. The van der Waals surface area contributed by atoms with E-state index in [1.165, 1.54) is 31.4 Å². The minimum Gasteiger partial charge on any atom is -0.497 e. The summed E-state index contributed by atoms with van der Waals surface area (Å²) in [6.45, 7) is 5.71. The number of rotatable bonds is 7. The molecule has 1 aromatic rings. The van der Waals surface area contributed by atoms with Crippen LogP contribution < -0.4 is 15.0 Å². The van der Waals surface area contributed by atoms with Gasteiger partial charge in [0.05, 0.1) is 13.2 Å². The molecular formula is C21H35IN4O2. The number of methoxy groups -OCH3 is 1. The van der Waals surface area contributed by atoms with Gasteiger partial charge in [-0.25, -0.2) is 0 Å². The second kappa shape index (κ2) is 12.4. The van der Waals surface area contributed by atoms with Gasteiger partial charge < -0.3 is 24.6 Å². The van der Waals surface area contributed by atoms with Crippen molar-refractivity contribution >= 4 is 35.6 Å². The van der Waals surface area contributed by atoms with Crippen molar-refractivity contribution in [2.75, 3.05) is 58.4 Å². The topological polar surface area (TPSA) is 49.3 Å². The highest BCUT2D eigenvalue weighted by Gasteiger charge is 2.20. The summed E-state index contributed by atoms with van der Waals surface area (Å²) in [5.41, 5.74) is 1.25. The number of nitrogens with zero attached hydrogens (tertiary/aromatic N) is 3. The predicted octanol–water partition coefficient (Wildman–Crippen LogP) is 3.36. The summed E-state index contributed by atoms with van der Waals surface area (Å²) < 4.78 is 11.2. The molecule has 1 aliphatic carbocycles. The highest BCUT2D eigenvalue weighted by Crippen LogP contribution is 2.21. The van der Waals surface area contributed by atoms with Crippen LogP contribution in [0.25, 0.3) is 0 Å². The Labute approximate surface area is 186 Å². The summed E-state index contributed by atoms with van der Waals surface area (Å²) in [5.74, 6) is 1.91. The molecule has 3 rings (SSSR count). The van der Waals surface area contributed by atoms with Gasteiger partial charge in [-0.3, -0.25) is 4.99 Å². The predicted molar refractivity (Wildman–Crippen MR) is 126 cm³/mol. The van der Waals surface area contributed by atoms with Gasteiger partial charge in [0.1, 0.15) is 5.75 Å². The van der Waals surface area contributed by atoms with Crippen LogP contribution in [0.5, 0.6) is 5.75 Å². The largest absolute Gasteiger partial charge is 0.497 e. The lowest BCUT2D eigenvalue weighted by Gasteiger charge is -2.37. The van der Waals surface area contributed by atoms with Gasteiger partial charge in [-0.15, -0.1) is 24.0 Å². The summed E-state index contributed by atoms with van der Waals surface area (Å²) in [5, 5.41) is 3.50. The first-order valence-electron chi connectivity index (χ1n) is 10.3. The number of aliphatic imine (C=N–C) groups is 1. The van der Waals surface area contributed by atoms with Crippen LogP contribution >= 0.6 is 24.0 Å². The second-order valence-corrected chi connectivity index (χ2v) is 7.28. The molecule has 1 heterocycles. The first-order valence-corrected chi connectivity index (χ1v) is 10.3. The van der Waals surface area contributed by atoms with E-state index < -0.39 is 0 Å². The van der Waals surface area contributed by atoms with Gasteiger partial charge in [0.2, 0.25) is 0 Å². The Morgan fingerprint density at radius 2 is 1.79 bits per heavy atom. The first-order chi connectivity index (χ1) is 13.3. The zero-order chi connectivity index (χ0) is 18.9. The SMILES string of the molecule is CN=C(NCCCOC1CCCC1)N1CCN(c2ccc(OC)cc2)CC1.I. The van der Waals surface area contributed by atoms with E-state index in [0.29, 0.717) is 6.10 Å².